The van der Waals surface area contributed by atoms with E-state index in [1.807, 2.05) is 11.8 Å². The Bertz CT molecular complexity index is 164. The number of hydrogen-bond acceptors (Lipinski definition) is 3. The summed E-state index contributed by atoms with van der Waals surface area (Å²) < 4.78 is 0. The van der Waals surface area contributed by atoms with Crippen LogP contribution in [0.2, 0.25) is 0 Å². The van der Waals surface area contributed by atoms with E-state index in [1.54, 1.807) is 0 Å². The molecule has 1 rings (SSSR count). The number of rotatable bonds is 5. The average molecular weight is 230 g/mol. The fourth-order valence-electron chi connectivity index (χ4n) is 2.32. The molecule has 0 aromatic rings. The molecule has 1 aliphatic heterocycles. The van der Waals surface area contributed by atoms with Gasteiger partial charge in [0.1, 0.15) is 0 Å². The monoisotopic (exact) mass is 230 g/mol. The smallest absolute Gasteiger partial charge is 0.0195 e. The lowest BCUT2D eigenvalue weighted by atomic mass is 10.1. The lowest BCUT2D eigenvalue weighted by Crippen LogP contribution is -2.42. The van der Waals surface area contributed by atoms with Gasteiger partial charge in [0.25, 0.3) is 0 Å². The van der Waals surface area contributed by atoms with Crippen molar-refractivity contribution in [3.8, 4) is 0 Å². The van der Waals surface area contributed by atoms with Crippen LogP contribution >= 0.6 is 11.8 Å². The Hall–Kier alpha value is 0.270. The van der Waals surface area contributed by atoms with E-state index >= 15 is 0 Å². The minimum absolute atomic E-state index is 0.724. The summed E-state index contributed by atoms with van der Waals surface area (Å²) in [6, 6.07) is 1.46. The van der Waals surface area contributed by atoms with Crippen LogP contribution < -0.4 is 5.32 Å². The molecule has 3 heteroatoms. The van der Waals surface area contributed by atoms with Gasteiger partial charge < -0.3 is 5.32 Å². The number of nitrogens with zero attached hydrogens (tertiary/aromatic N) is 1. The van der Waals surface area contributed by atoms with Gasteiger partial charge in [0.05, 0.1) is 0 Å². The fourth-order valence-corrected chi connectivity index (χ4v) is 3.01. The predicted octanol–water partition coefficient (Wildman–Crippen LogP) is 2.20. The SMILES string of the molecule is CCCC1CN(C(C)CSC)CCCN1. The summed E-state index contributed by atoms with van der Waals surface area (Å²) in [4.78, 5) is 2.66. The van der Waals surface area contributed by atoms with Crippen molar-refractivity contribution in [2.75, 3.05) is 31.6 Å². The summed E-state index contributed by atoms with van der Waals surface area (Å²) in [6.07, 6.45) is 6.12. The van der Waals surface area contributed by atoms with E-state index in [9.17, 15) is 0 Å². The van der Waals surface area contributed by atoms with Crippen molar-refractivity contribution in [3.05, 3.63) is 0 Å². The second-order valence-corrected chi connectivity index (χ2v) is 5.50. The summed E-state index contributed by atoms with van der Waals surface area (Å²) in [7, 11) is 0. The third-order valence-corrected chi connectivity index (χ3v) is 3.99. The molecule has 0 aromatic heterocycles. The Morgan fingerprint density at radius 1 is 1.53 bits per heavy atom. The first-order valence-corrected chi connectivity index (χ1v) is 7.63. The van der Waals surface area contributed by atoms with Crippen molar-refractivity contribution in [3.63, 3.8) is 0 Å². The molecule has 0 aromatic carbocycles. The maximum absolute atomic E-state index is 3.66. The third kappa shape index (κ3) is 4.75. The van der Waals surface area contributed by atoms with Crippen LogP contribution in [0.5, 0.6) is 0 Å². The Balaban J connectivity index is 2.41. The molecular weight excluding hydrogens is 204 g/mol. The molecule has 1 aliphatic rings. The Kier molecular flexibility index (Phi) is 6.69. The summed E-state index contributed by atoms with van der Waals surface area (Å²) in [6.45, 7) is 8.37. The van der Waals surface area contributed by atoms with Crippen LogP contribution in [0.4, 0.5) is 0 Å². The molecule has 0 aliphatic carbocycles. The van der Waals surface area contributed by atoms with Gasteiger partial charge in [-0.2, -0.15) is 11.8 Å². The van der Waals surface area contributed by atoms with Crippen molar-refractivity contribution in [2.45, 2.75) is 45.2 Å². The third-order valence-electron chi connectivity index (χ3n) is 3.18. The van der Waals surface area contributed by atoms with E-state index in [2.05, 4.69) is 30.3 Å². The Morgan fingerprint density at radius 2 is 2.33 bits per heavy atom. The Morgan fingerprint density at radius 3 is 3.00 bits per heavy atom. The molecule has 2 atom stereocenters. The molecular formula is C12H26N2S. The van der Waals surface area contributed by atoms with Crippen LogP contribution in [0.25, 0.3) is 0 Å². The summed E-state index contributed by atoms with van der Waals surface area (Å²) in [5.74, 6) is 1.26. The van der Waals surface area contributed by atoms with Gasteiger partial charge in [-0.15, -0.1) is 0 Å². The van der Waals surface area contributed by atoms with Crippen LogP contribution in [0.15, 0.2) is 0 Å². The lowest BCUT2D eigenvalue weighted by molar-refractivity contribution is 0.217. The van der Waals surface area contributed by atoms with Crippen LogP contribution in [-0.4, -0.2) is 48.6 Å². The normalized spacial score (nSPS) is 26.2. The van der Waals surface area contributed by atoms with E-state index in [0.717, 1.165) is 12.1 Å². The van der Waals surface area contributed by atoms with Gasteiger partial charge in [0.2, 0.25) is 0 Å². The molecule has 1 heterocycles. The highest BCUT2D eigenvalue weighted by atomic mass is 32.2. The highest BCUT2D eigenvalue weighted by Crippen LogP contribution is 2.11. The van der Waals surface area contributed by atoms with Crippen molar-refractivity contribution in [1.29, 1.82) is 0 Å². The molecule has 0 amide bonds. The van der Waals surface area contributed by atoms with Crippen molar-refractivity contribution in [1.82, 2.24) is 10.2 Å². The van der Waals surface area contributed by atoms with Crippen LogP contribution in [0, 0.1) is 0 Å². The molecule has 15 heavy (non-hydrogen) atoms. The van der Waals surface area contributed by atoms with Gasteiger partial charge in [-0.3, -0.25) is 4.90 Å². The first-order valence-electron chi connectivity index (χ1n) is 6.24. The van der Waals surface area contributed by atoms with Crippen LogP contribution in [0.1, 0.15) is 33.1 Å². The summed E-state index contributed by atoms with van der Waals surface area (Å²) in [5.41, 5.74) is 0. The van der Waals surface area contributed by atoms with E-state index in [0.29, 0.717) is 0 Å². The highest BCUT2D eigenvalue weighted by Gasteiger charge is 2.20. The van der Waals surface area contributed by atoms with Gasteiger partial charge in [0.15, 0.2) is 0 Å². The maximum Gasteiger partial charge on any atom is 0.0195 e. The summed E-state index contributed by atoms with van der Waals surface area (Å²) in [5, 5.41) is 3.66. The van der Waals surface area contributed by atoms with E-state index < -0.39 is 0 Å². The number of hydrogen-bond donors (Lipinski definition) is 1. The Labute approximate surface area is 99.2 Å². The van der Waals surface area contributed by atoms with E-state index in [4.69, 9.17) is 0 Å². The van der Waals surface area contributed by atoms with Crippen LogP contribution in [0.3, 0.4) is 0 Å². The standard InChI is InChI=1S/C12H26N2S/c1-4-6-12-9-14(8-5-7-13-12)11(2)10-15-3/h11-13H,4-10H2,1-3H3. The van der Waals surface area contributed by atoms with Gasteiger partial charge in [-0.1, -0.05) is 13.3 Å². The second-order valence-electron chi connectivity index (χ2n) is 4.59. The zero-order valence-corrected chi connectivity index (χ0v) is 11.3. The first kappa shape index (κ1) is 13.3. The molecule has 0 saturated carbocycles. The van der Waals surface area contributed by atoms with E-state index in [1.165, 1.54) is 44.6 Å². The molecule has 90 valence electrons. The van der Waals surface area contributed by atoms with Crippen molar-refractivity contribution < 1.29 is 0 Å². The molecule has 2 unspecified atom stereocenters. The number of nitrogens with one attached hydrogen (secondary N) is 1. The first-order chi connectivity index (χ1) is 7.27. The topological polar surface area (TPSA) is 15.3 Å². The molecule has 0 bridgehead atoms. The number of thioether (sulfide) groups is 1. The largest absolute Gasteiger partial charge is 0.313 e. The molecule has 0 radical (unpaired) electrons. The zero-order chi connectivity index (χ0) is 11.1. The molecule has 1 N–H and O–H groups in total. The average Bonchev–Trinajstić information content (AvgIpc) is 2.44. The van der Waals surface area contributed by atoms with Gasteiger partial charge >= 0.3 is 0 Å². The quantitative estimate of drug-likeness (QED) is 0.779. The van der Waals surface area contributed by atoms with Crippen molar-refractivity contribution >= 4 is 11.8 Å². The molecule has 1 fully saturated rings. The van der Waals surface area contributed by atoms with Crippen LogP contribution in [-0.2, 0) is 0 Å². The van der Waals surface area contributed by atoms with Gasteiger partial charge in [-0.05, 0) is 39.1 Å². The molecule has 0 spiro atoms. The minimum atomic E-state index is 0.724. The zero-order valence-electron chi connectivity index (χ0n) is 10.5. The van der Waals surface area contributed by atoms with Gasteiger partial charge in [0, 0.05) is 24.4 Å². The highest BCUT2D eigenvalue weighted by molar-refractivity contribution is 7.98. The van der Waals surface area contributed by atoms with Gasteiger partial charge in [-0.25, -0.2) is 0 Å². The van der Waals surface area contributed by atoms with E-state index in [-0.39, 0.29) is 0 Å². The second kappa shape index (κ2) is 7.53. The predicted molar refractivity (Wildman–Crippen MR) is 70.7 cm³/mol. The maximum atomic E-state index is 3.66. The fraction of sp³-hybridized carbons (Fsp3) is 1.00. The lowest BCUT2D eigenvalue weighted by Gasteiger charge is -2.29. The van der Waals surface area contributed by atoms with Crippen molar-refractivity contribution in [2.24, 2.45) is 0 Å². The molecule has 1 saturated heterocycles. The summed E-state index contributed by atoms with van der Waals surface area (Å²) >= 11 is 1.96. The molecule has 2 nitrogen and oxygen atoms in total. The minimum Gasteiger partial charge on any atom is -0.313 e.